The summed E-state index contributed by atoms with van der Waals surface area (Å²) in [5.74, 6) is 0.984. The number of furan rings is 1. The molecule has 0 saturated heterocycles. The topological polar surface area (TPSA) is 25.2 Å². The van der Waals surface area contributed by atoms with Crippen molar-refractivity contribution in [1.82, 2.24) is 5.32 Å². The van der Waals surface area contributed by atoms with Gasteiger partial charge in [-0.3, -0.25) is 0 Å². The summed E-state index contributed by atoms with van der Waals surface area (Å²) in [4.78, 5) is 0. The molecule has 3 aromatic rings. The van der Waals surface area contributed by atoms with Crippen molar-refractivity contribution in [1.29, 1.82) is 0 Å². The van der Waals surface area contributed by atoms with Gasteiger partial charge in [0.05, 0.1) is 6.04 Å². The number of aryl methyl sites for hydroxylation is 1. The van der Waals surface area contributed by atoms with Gasteiger partial charge in [-0.2, -0.15) is 0 Å². The van der Waals surface area contributed by atoms with E-state index in [2.05, 4.69) is 70.6 Å². The molecule has 0 amide bonds. The molecule has 0 aliphatic heterocycles. The summed E-state index contributed by atoms with van der Waals surface area (Å²) in [6, 6.07) is 16.9. The Labute approximate surface area is 133 Å². The second-order valence-corrected chi connectivity index (χ2v) is 6.13. The maximum absolute atomic E-state index is 6.09. The number of benzene rings is 2. The van der Waals surface area contributed by atoms with Crippen LogP contribution in [0, 0.1) is 6.92 Å². The summed E-state index contributed by atoms with van der Waals surface area (Å²) in [7, 11) is 1.97. The van der Waals surface area contributed by atoms with E-state index in [0.717, 1.165) is 27.6 Å². The Morgan fingerprint density at radius 2 is 1.95 bits per heavy atom. The van der Waals surface area contributed by atoms with Crippen molar-refractivity contribution in [3.63, 3.8) is 0 Å². The summed E-state index contributed by atoms with van der Waals surface area (Å²) in [6.45, 7) is 2.08. The Morgan fingerprint density at radius 3 is 2.67 bits per heavy atom. The van der Waals surface area contributed by atoms with Crippen molar-refractivity contribution >= 4 is 26.9 Å². The first kappa shape index (κ1) is 14.4. The van der Waals surface area contributed by atoms with Crippen LogP contribution in [0.4, 0.5) is 0 Å². The van der Waals surface area contributed by atoms with Gasteiger partial charge < -0.3 is 9.73 Å². The monoisotopic (exact) mass is 343 g/mol. The van der Waals surface area contributed by atoms with Crippen LogP contribution in [0.3, 0.4) is 0 Å². The average Bonchev–Trinajstić information content (AvgIpc) is 2.92. The van der Waals surface area contributed by atoms with Crippen LogP contribution < -0.4 is 5.32 Å². The van der Waals surface area contributed by atoms with Crippen LogP contribution >= 0.6 is 15.9 Å². The maximum Gasteiger partial charge on any atom is 0.137 e. The number of hydrogen-bond donors (Lipinski definition) is 1. The lowest BCUT2D eigenvalue weighted by Gasteiger charge is -2.14. The van der Waals surface area contributed by atoms with Gasteiger partial charge in [0.15, 0.2) is 0 Å². The zero-order chi connectivity index (χ0) is 14.8. The largest absolute Gasteiger partial charge is 0.459 e. The quantitative estimate of drug-likeness (QED) is 0.720. The molecule has 1 unspecified atom stereocenters. The first-order valence-corrected chi connectivity index (χ1v) is 7.88. The SMILES string of the molecule is CNC(Cc1ccccc1Br)c1cc2cccc(C)c2o1. The highest BCUT2D eigenvalue weighted by molar-refractivity contribution is 9.10. The Balaban J connectivity index is 1.95. The van der Waals surface area contributed by atoms with E-state index in [1.807, 2.05) is 13.1 Å². The van der Waals surface area contributed by atoms with Crippen LogP contribution in [0.5, 0.6) is 0 Å². The van der Waals surface area contributed by atoms with Crippen molar-refractivity contribution in [2.45, 2.75) is 19.4 Å². The molecule has 21 heavy (non-hydrogen) atoms. The minimum absolute atomic E-state index is 0.163. The fourth-order valence-electron chi connectivity index (χ4n) is 2.63. The van der Waals surface area contributed by atoms with Crippen LogP contribution in [-0.2, 0) is 6.42 Å². The predicted octanol–water partition coefficient (Wildman–Crippen LogP) is 5.01. The summed E-state index contributed by atoms with van der Waals surface area (Å²) >= 11 is 3.61. The van der Waals surface area contributed by atoms with E-state index in [-0.39, 0.29) is 6.04 Å². The van der Waals surface area contributed by atoms with Crippen molar-refractivity contribution in [2.75, 3.05) is 7.05 Å². The van der Waals surface area contributed by atoms with Gasteiger partial charge in [0.1, 0.15) is 11.3 Å². The molecule has 1 atom stereocenters. The van der Waals surface area contributed by atoms with E-state index in [9.17, 15) is 0 Å². The molecule has 3 rings (SSSR count). The van der Waals surface area contributed by atoms with E-state index < -0.39 is 0 Å². The van der Waals surface area contributed by atoms with Crippen LogP contribution in [0.15, 0.2) is 57.4 Å². The summed E-state index contributed by atoms with van der Waals surface area (Å²) in [6.07, 6.45) is 0.886. The van der Waals surface area contributed by atoms with Gasteiger partial charge in [0.25, 0.3) is 0 Å². The van der Waals surface area contributed by atoms with Gasteiger partial charge in [-0.15, -0.1) is 0 Å². The number of nitrogens with one attached hydrogen (secondary N) is 1. The fraction of sp³-hybridized carbons (Fsp3) is 0.222. The van der Waals surface area contributed by atoms with Crippen LogP contribution in [0.1, 0.15) is 22.9 Å². The molecule has 1 aromatic heterocycles. The van der Waals surface area contributed by atoms with E-state index in [4.69, 9.17) is 4.42 Å². The molecule has 0 aliphatic carbocycles. The fourth-order valence-corrected chi connectivity index (χ4v) is 3.08. The number of hydrogen-bond acceptors (Lipinski definition) is 2. The van der Waals surface area contributed by atoms with E-state index in [1.54, 1.807) is 0 Å². The molecule has 1 N–H and O–H groups in total. The summed E-state index contributed by atoms with van der Waals surface area (Å²) in [5, 5.41) is 4.52. The molecule has 1 heterocycles. The van der Waals surface area contributed by atoms with Gasteiger partial charge in [-0.1, -0.05) is 52.3 Å². The highest BCUT2D eigenvalue weighted by Gasteiger charge is 2.17. The molecule has 108 valence electrons. The van der Waals surface area contributed by atoms with Crippen molar-refractivity contribution in [3.05, 3.63) is 69.9 Å². The highest BCUT2D eigenvalue weighted by atomic mass is 79.9. The summed E-state index contributed by atoms with van der Waals surface area (Å²) < 4.78 is 7.22. The van der Waals surface area contributed by atoms with Crippen molar-refractivity contribution in [3.8, 4) is 0 Å². The minimum Gasteiger partial charge on any atom is -0.459 e. The third-order valence-corrected chi connectivity index (χ3v) is 4.61. The molecule has 3 heteroatoms. The smallest absolute Gasteiger partial charge is 0.137 e. The number of halogens is 1. The average molecular weight is 344 g/mol. The molecule has 0 saturated carbocycles. The first-order chi connectivity index (χ1) is 10.2. The molecule has 0 radical (unpaired) electrons. The van der Waals surface area contributed by atoms with Gasteiger partial charge in [-0.05, 0) is 43.7 Å². The second kappa shape index (κ2) is 6.04. The Hall–Kier alpha value is -1.58. The third-order valence-electron chi connectivity index (χ3n) is 3.83. The highest BCUT2D eigenvalue weighted by Crippen LogP contribution is 2.29. The van der Waals surface area contributed by atoms with Gasteiger partial charge >= 0.3 is 0 Å². The van der Waals surface area contributed by atoms with Crippen LogP contribution in [0.25, 0.3) is 11.0 Å². The van der Waals surface area contributed by atoms with Gasteiger partial charge in [-0.25, -0.2) is 0 Å². The lowest BCUT2D eigenvalue weighted by molar-refractivity contribution is 0.450. The first-order valence-electron chi connectivity index (χ1n) is 7.09. The van der Waals surface area contributed by atoms with Crippen LogP contribution in [-0.4, -0.2) is 7.05 Å². The normalized spacial score (nSPS) is 12.7. The minimum atomic E-state index is 0.163. The van der Waals surface area contributed by atoms with Gasteiger partial charge in [0, 0.05) is 9.86 Å². The maximum atomic E-state index is 6.09. The molecule has 0 aliphatic rings. The number of likely N-dealkylation sites (N-methyl/N-ethyl adjacent to an activating group) is 1. The molecular weight excluding hydrogens is 326 g/mol. The lowest BCUT2D eigenvalue weighted by Crippen LogP contribution is -2.18. The van der Waals surface area contributed by atoms with Gasteiger partial charge in [0.2, 0.25) is 0 Å². The van der Waals surface area contributed by atoms with Crippen molar-refractivity contribution < 1.29 is 4.42 Å². The molecule has 0 spiro atoms. The number of fused-ring (bicyclic) bond motifs is 1. The molecule has 2 nitrogen and oxygen atoms in total. The third kappa shape index (κ3) is 2.89. The Kier molecular flexibility index (Phi) is 4.13. The van der Waals surface area contributed by atoms with E-state index >= 15 is 0 Å². The predicted molar refractivity (Wildman–Crippen MR) is 90.6 cm³/mol. The lowest BCUT2D eigenvalue weighted by atomic mass is 10.0. The van der Waals surface area contributed by atoms with E-state index in [0.29, 0.717) is 0 Å². The molecular formula is C18H18BrNO. The standard InChI is InChI=1S/C18H18BrNO/c1-12-6-5-8-14-11-17(21-18(12)14)16(20-2)10-13-7-3-4-9-15(13)19/h3-9,11,16,20H,10H2,1-2H3. The summed E-state index contributed by atoms with van der Waals surface area (Å²) in [5.41, 5.74) is 3.43. The Bertz CT molecular complexity index is 763. The molecule has 0 bridgehead atoms. The second-order valence-electron chi connectivity index (χ2n) is 5.28. The van der Waals surface area contributed by atoms with Crippen LogP contribution in [0.2, 0.25) is 0 Å². The Morgan fingerprint density at radius 1 is 1.14 bits per heavy atom. The molecule has 0 fully saturated rings. The molecule has 2 aromatic carbocycles. The zero-order valence-corrected chi connectivity index (χ0v) is 13.8. The van der Waals surface area contributed by atoms with E-state index in [1.165, 1.54) is 11.1 Å². The zero-order valence-electron chi connectivity index (χ0n) is 12.2. The van der Waals surface area contributed by atoms with Crippen molar-refractivity contribution in [2.24, 2.45) is 0 Å². The number of para-hydroxylation sites is 1. The number of rotatable bonds is 4.